The maximum absolute atomic E-state index is 13.5. The molecule has 0 heterocycles. The number of hydrogen-bond donors (Lipinski definition) is 2. The van der Waals surface area contributed by atoms with E-state index in [-0.39, 0.29) is 23.0 Å². The van der Waals surface area contributed by atoms with Crippen molar-refractivity contribution in [3.05, 3.63) is 29.6 Å². The van der Waals surface area contributed by atoms with Crippen LogP contribution in [0.25, 0.3) is 0 Å². The van der Waals surface area contributed by atoms with Crippen molar-refractivity contribution in [2.75, 3.05) is 13.7 Å². The Morgan fingerprint density at radius 2 is 2.06 bits per heavy atom. The van der Waals surface area contributed by atoms with Crippen molar-refractivity contribution in [2.24, 2.45) is 16.9 Å². The molecule has 0 saturated heterocycles. The molecule has 1 atom stereocenters. The third kappa shape index (κ3) is 3.68. The fourth-order valence-electron chi connectivity index (χ4n) is 1.71. The fourth-order valence-corrected chi connectivity index (χ4v) is 1.71. The van der Waals surface area contributed by atoms with Gasteiger partial charge in [0.25, 0.3) is 0 Å². The molecule has 17 heavy (non-hydrogen) atoms. The summed E-state index contributed by atoms with van der Waals surface area (Å²) in [7, 11) is 1.44. The number of benzene rings is 1. The predicted molar refractivity (Wildman–Crippen MR) is 67.3 cm³/mol. The second-order valence-electron chi connectivity index (χ2n) is 5.07. The molecule has 0 fully saturated rings. The van der Waals surface area contributed by atoms with Crippen LogP contribution in [-0.2, 0) is 0 Å². The van der Waals surface area contributed by atoms with Gasteiger partial charge in [0.2, 0.25) is 0 Å². The van der Waals surface area contributed by atoms with Crippen molar-refractivity contribution < 1.29 is 9.13 Å². The van der Waals surface area contributed by atoms with Crippen LogP contribution in [0.1, 0.15) is 31.9 Å². The molecule has 0 aliphatic carbocycles. The zero-order valence-corrected chi connectivity index (χ0v) is 10.7. The van der Waals surface area contributed by atoms with Gasteiger partial charge in [0.05, 0.1) is 7.11 Å². The van der Waals surface area contributed by atoms with Crippen LogP contribution in [0.3, 0.4) is 0 Å². The number of methoxy groups -OCH3 is 1. The average molecular weight is 240 g/mol. The molecule has 1 aromatic carbocycles. The monoisotopic (exact) mass is 240 g/mol. The number of ether oxygens (including phenoxy) is 1. The Balaban J connectivity index is 2.83. The quantitative estimate of drug-likeness (QED) is 0.829. The molecule has 0 aromatic heterocycles. The molecule has 0 radical (unpaired) electrons. The average Bonchev–Trinajstić information content (AvgIpc) is 2.28. The van der Waals surface area contributed by atoms with Crippen LogP contribution >= 0.6 is 0 Å². The van der Waals surface area contributed by atoms with E-state index in [1.807, 2.05) is 13.8 Å². The van der Waals surface area contributed by atoms with E-state index in [1.165, 1.54) is 13.2 Å². The normalized spacial score (nSPS) is 13.5. The highest BCUT2D eigenvalue weighted by Crippen LogP contribution is 2.29. The van der Waals surface area contributed by atoms with Crippen LogP contribution in [0.15, 0.2) is 18.2 Å². The number of nitrogens with two attached hydrogens (primary N) is 2. The van der Waals surface area contributed by atoms with Gasteiger partial charge in [-0.25, -0.2) is 4.39 Å². The molecule has 1 unspecified atom stereocenters. The highest BCUT2D eigenvalue weighted by molar-refractivity contribution is 5.31. The first-order chi connectivity index (χ1) is 7.89. The SMILES string of the molecule is COc1ccc(C(N)CC(C)(C)CN)cc1F. The van der Waals surface area contributed by atoms with E-state index in [2.05, 4.69) is 0 Å². The van der Waals surface area contributed by atoms with Crippen LogP contribution in [0.2, 0.25) is 0 Å². The molecule has 0 bridgehead atoms. The van der Waals surface area contributed by atoms with Gasteiger partial charge in [-0.3, -0.25) is 0 Å². The maximum atomic E-state index is 13.5. The molecule has 0 aliphatic heterocycles. The Morgan fingerprint density at radius 3 is 2.53 bits per heavy atom. The van der Waals surface area contributed by atoms with E-state index in [9.17, 15) is 4.39 Å². The standard InChI is InChI=1S/C13H21FN2O/c1-13(2,8-15)7-11(16)9-4-5-12(17-3)10(14)6-9/h4-6,11H,7-8,15-16H2,1-3H3. The molecule has 1 rings (SSSR count). The Bertz CT molecular complexity index is 380. The lowest BCUT2D eigenvalue weighted by Gasteiger charge is -2.26. The third-order valence-corrected chi connectivity index (χ3v) is 2.93. The van der Waals surface area contributed by atoms with Gasteiger partial charge in [-0.2, -0.15) is 0 Å². The van der Waals surface area contributed by atoms with Crippen molar-refractivity contribution in [2.45, 2.75) is 26.3 Å². The van der Waals surface area contributed by atoms with E-state index in [0.29, 0.717) is 6.54 Å². The minimum Gasteiger partial charge on any atom is -0.494 e. The summed E-state index contributed by atoms with van der Waals surface area (Å²) < 4.78 is 18.4. The predicted octanol–water partition coefficient (Wildman–Crippen LogP) is 2.21. The summed E-state index contributed by atoms with van der Waals surface area (Å²) in [4.78, 5) is 0. The molecule has 3 nitrogen and oxygen atoms in total. The molecule has 1 aromatic rings. The van der Waals surface area contributed by atoms with Gasteiger partial charge >= 0.3 is 0 Å². The summed E-state index contributed by atoms with van der Waals surface area (Å²) in [5.74, 6) is -0.148. The van der Waals surface area contributed by atoms with Gasteiger partial charge in [-0.05, 0) is 36.1 Å². The van der Waals surface area contributed by atoms with Crippen LogP contribution in [0, 0.1) is 11.2 Å². The van der Waals surface area contributed by atoms with Crippen molar-refractivity contribution in [1.82, 2.24) is 0 Å². The lowest BCUT2D eigenvalue weighted by Crippen LogP contribution is -2.28. The van der Waals surface area contributed by atoms with Gasteiger partial charge in [-0.1, -0.05) is 19.9 Å². The first-order valence-corrected chi connectivity index (χ1v) is 5.69. The summed E-state index contributed by atoms with van der Waals surface area (Å²) in [5, 5.41) is 0. The van der Waals surface area contributed by atoms with Crippen LogP contribution < -0.4 is 16.2 Å². The van der Waals surface area contributed by atoms with Crippen molar-refractivity contribution in [3.63, 3.8) is 0 Å². The Labute approximate surface area is 102 Å². The maximum Gasteiger partial charge on any atom is 0.165 e. The Hall–Kier alpha value is -1.13. The Kier molecular flexibility index (Phi) is 4.48. The molecule has 4 N–H and O–H groups in total. The minimum atomic E-state index is -0.383. The highest BCUT2D eigenvalue weighted by atomic mass is 19.1. The van der Waals surface area contributed by atoms with Crippen molar-refractivity contribution >= 4 is 0 Å². The van der Waals surface area contributed by atoms with E-state index >= 15 is 0 Å². The van der Waals surface area contributed by atoms with E-state index in [0.717, 1.165) is 12.0 Å². The molecular formula is C13H21FN2O. The van der Waals surface area contributed by atoms with E-state index in [4.69, 9.17) is 16.2 Å². The number of rotatable bonds is 5. The second kappa shape index (κ2) is 5.47. The Morgan fingerprint density at radius 1 is 1.41 bits per heavy atom. The molecular weight excluding hydrogens is 219 g/mol. The lowest BCUT2D eigenvalue weighted by molar-refractivity contribution is 0.316. The highest BCUT2D eigenvalue weighted by Gasteiger charge is 2.21. The molecule has 0 amide bonds. The van der Waals surface area contributed by atoms with Crippen LogP contribution in [0.4, 0.5) is 4.39 Å². The molecule has 4 heteroatoms. The van der Waals surface area contributed by atoms with Crippen molar-refractivity contribution in [3.8, 4) is 5.75 Å². The van der Waals surface area contributed by atoms with E-state index < -0.39 is 0 Å². The topological polar surface area (TPSA) is 61.3 Å². The van der Waals surface area contributed by atoms with Crippen LogP contribution in [-0.4, -0.2) is 13.7 Å². The second-order valence-corrected chi connectivity index (χ2v) is 5.07. The zero-order valence-electron chi connectivity index (χ0n) is 10.7. The minimum absolute atomic E-state index is 0.0458. The van der Waals surface area contributed by atoms with Gasteiger partial charge in [0, 0.05) is 6.04 Å². The molecule has 0 aliphatic rings. The van der Waals surface area contributed by atoms with Gasteiger partial charge in [0.15, 0.2) is 11.6 Å². The number of halogens is 1. The van der Waals surface area contributed by atoms with Gasteiger partial charge in [-0.15, -0.1) is 0 Å². The summed E-state index contributed by atoms with van der Waals surface area (Å²) in [5.41, 5.74) is 12.4. The lowest BCUT2D eigenvalue weighted by atomic mass is 9.84. The molecule has 0 spiro atoms. The summed E-state index contributed by atoms with van der Waals surface area (Å²) >= 11 is 0. The molecule has 96 valence electrons. The fraction of sp³-hybridized carbons (Fsp3) is 0.538. The number of hydrogen-bond acceptors (Lipinski definition) is 3. The first kappa shape index (κ1) is 13.9. The zero-order chi connectivity index (χ0) is 13.1. The summed E-state index contributed by atoms with van der Waals surface area (Å²) in [6, 6.07) is 4.60. The van der Waals surface area contributed by atoms with Gasteiger partial charge in [0.1, 0.15) is 0 Å². The van der Waals surface area contributed by atoms with Crippen LogP contribution in [0.5, 0.6) is 5.75 Å². The smallest absolute Gasteiger partial charge is 0.165 e. The molecule has 0 saturated carbocycles. The first-order valence-electron chi connectivity index (χ1n) is 5.69. The third-order valence-electron chi connectivity index (χ3n) is 2.93. The largest absolute Gasteiger partial charge is 0.494 e. The van der Waals surface area contributed by atoms with E-state index in [1.54, 1.807) is 12.1 Å². The summed E-state index contributed by atoms with van der Waals surface area (Å²) in [6.45, 7) is 4.65. The van der Waals surface area contributed by atoms with Gasteiger partial charge < -0.3 is 16.2 Å². The van der Waals surface area contributed by atoms with Crippen molar-refractivity contribution in [1.29, 1.82) is 0 Å². The summed E-state index contributed by atoms with van der Waals surface area (Å²) in [6.07, 6.45) is 0.718.